The molecule has 0 bridgehead atoms. The minimum atomic E-state index is -0.945. The zero-order chi connectivity index (χ0) is 20.5. The van der Waals surface area contributed by atoms with Gasteiger partial charge in [-0.25, -0.2) is 4.79 Å². The van der Waals surface area contributed by atoms with Crippen molar-refractivity contribution in [1.82, 2.24) is 10.6 Å². The number of hydrogen-bond acceptors (Lipinski definition) is 5. The molecule has 6 nitrogen and oxygen atoms in total. The van der Waals surface area contributed by atoms with Crippen molar-refractivity contribution < 1.29 is 19.1 Å². The summed E-state index contributed by atoms with van der Waals surface area (Å²) in [7, 11) is 0. The fourth-order valence-electron chi connectivity index (χ4n) is 2.54. The number of benzene rings is 1. The molecule has 28 heavy (non-hydrogen) atoms. The van der Waals surface area contributed by atoms with Crippen molar-refractivity contribution in [3.63, 3.8) is 0 Å². The molecule has 7 heteroatoms. The first kappa shape index (κ1) is 21.6. The molecule has 2 rings (SSSR count). The maximum absolute atomic E-state index is 12.5. The van der Waals surface area contributed by atoms with Crippen LogP contribution >= 0.6 is 11.3 Å². The Hall–Kier alpha value is -2.67. The van der Waals surface area contributed by atoms with E-state index < -0.39 is 18.1 Å². The summed E-state index contributed by atoms with van der Waals surface area (Å²) in [6.07, 6.45) is -0.770. The van der Waals surface area contributed by atoms with E-state index in [4.69, 9.17) is 4.74 Å². The fraction of sp³-hybridized carbons (Fsp3) is 0.381. The van der Waals surface area contributed by atoms with Crippen LogP contribution < -0.4 is 10.6 Å². The molecule has 2 atom stereocenters. The number of esters is 1. The quantitative estimate of drug-likeness (QED) is 0.632. The van der Waals surface area contributed by atoms with Gasteiger partial charge in [-0.1, -0.05) is 50.2 Å². The SMILES string of the molecule is CC(C)[C@H](NC(=O)Cc1ccccc1)C(=O)O[C@H](C)C(=O)NCc1cccs1. The van der Waals surface area contributed by atoms with Crippen LogP contribution in [0.15, 0.2) is 47.8 Å². The number of nitrogens with one attached hydrogen (secondary N) is 2. The highest BCUT2D eigenvalue weighted by Crippen LogP contribution is 2.09. The molecule has 0 fully saturated rings. The van der Waals surface area contributed by atoms with E-state index in [1.165, 1.54) is 18.3 Å². The summed E-state index contributed by atoms with van der Waals surface area (Å²) in [4.78, 5) is 38.0. The molecule has 0 aliphatic heterocycles. The molecule has 2 aromatic rings. The van der Waals surface area contributed by atoms with E-state index in [0.29, 0.717) is 6.54 Å². The second kappa shape index (κ2) is 10.6. The third kappa shape index (κ3) is 6.81. The molecule has 1 aromatic heterocycles. The first-order chi connectivity index (χ1) is 13.4. The Labute approximate surface area is 169 Å². The summed E-state index contributed by atoms with van der Waals surface area (Å²) >= 11 is 1.54. The Kier molecular flexibility index (Phi) is 8.19. The van der Waals surface area contributed by atoms with Gasteiger partial charge in [-0.3, -0.25) is 9.59 Å². The van der Waals surface area contributed by atoms with Crippen molar-refractivity contribution in [2.75, 3.05) is 0 Å². The number of carbonyl (C=O) groups is 3. The highest BCUT2D eigenvalue weighted by molar-refractivity contribution is 7.09. The lowest BCUT2D eigenvalue weighted by atomic mass is 10.0. The number of ether oxygens (including phenoxy) is 1. The number of thiophene rings is 1. The molecular weight excluding hydrogens is 376 g/mol. The highest BCUT2D eigenvalue weighted by atomic mass is 32.1. The minimum Gasteiger partial charge on any atom is -0.451 e. The van der Waals surface area contributed by atoms with Crippen molar-refractivity contribution >= 4 is 29.1 Å². The molecule has 0 saturated carbocycles. The Balaban J connectivity index is 1.86. The van der Waals surface area contributed by atoms with Crippen LogP contribution in [0.3, 0.4) is 0 Å². The topological polar surface area (TPSA) is 84.5 Å². The van der Waals surface area contributed by atoms with Crippen LogP contribution in [-0.4, -0.2) is 29.9 Å². The van der Waals surface area contributed by atoms with Crippen molar-refractivity contribution in [3.05, 3.63) is 58.3 Å². The molecule has 1 heterocycles. The van der Waals surface area contributed by atoms with Crippen molar-refractivity contribution in [3.8, 4) is 0 Å². The van der Waals surface area contributed by atoms with Gasteiger partial charge in [-0.05, 0) is 29.9 Å². The average Bonchev–Trinajstić information content (AvgIpc) is 3.18. The molecule has 0 aliphatic carbocycles. The number of rotatable bonds is 9. The van der Waals surface area contributed by atoms with Gasteiger partial charge in [0.25, 0.3) is 5.91 Å². The lowest BCUT2D eigenvalue weighted by Gasteiger charge is -2.23. The second-order valence-corrected chi connectivity index (χ2v) is 7.86. The lowest BCUT2D eigenvalue weighted by molar-refractivity contribution is -0.158. The summed E-state index contributed by atoms with van der Waals surface area (Å²) in [5.74, 6) is -1.43. The fourth-order valence-corrected chi connectivity index (χ4v) is 3.18. The van der Waals surface area contributed by atoms with Gasteiger partial charge in [0.05, 0.1) is 13.0 Å². The molecule has 2 N–H and O–H groups in total. The van der Waals surface area contributed by atoms with E-state index >= 15 is 0 Å². The summed E-state index contributed by atoms with van der Waals surface area (Å²) in [6.45, 7) is 5.54. The molecular formula is C21H26N2O4S. The largest absolute Gasteiger partial charge is 0.451 e. The third-order valence-corrected chi connectivity index (χ3v) is 5.00. The Bertz CT molecular complexity index is 775. The van der Waals surface area contributed by atoms with Crippen LogP contribution in [-0.2, 0) is 32.1 Å². The molecule has 0 aliphatic rings. The normalized spacial score (nSPS) is 12.9. The van der Waals surface area contributed by atoms with Crippen LogP contribution in [0.1, 0.15) is 31.2 Å². The van der Waals surface area contributed by atoms with E-state index in [1.807, 2.05) is 61.7 Å². The molecule has 0 radical (unpaired) electrons. The number of carbonyl (C=O) groups excluding carboxylic acids is 3. The average molecular weight is 403 g/mol. The number of hydrogen-bond donors (Lipinski definition) is 2. The minimum absolute atomic E-state index is 0.173. The molecule has 0 unspecified atom stereocenters. The van der Waals surface area contributed by atoms with E-state index in [1.54, 1.807) is 0 Å². The van der Waals surface area contributed by atoms with Gasteiger partial charge < -0.3 is 15.4 Å². The molecule has 0 saturated heterocycles. The Morgan fingerprint density at radius 2 is 1.75 bits per heavy atom. The van der Waals surface area contributed by atoms with Gasteiger partial charge in [0.2, 0.25) is 5.91 Å². The van der Waals surface area contributed by atoms with Gasteiger partial charge in [-0.15, -0.1) is 11.3 Å². The molecule has 150 valence electrons. The smallest absolute Gasteiger partial charge is 0.329 e. The standard InChI is InChI=1S/C21H26N2O4S/c1-14(2)19(23-18(24)12-16-8-5-4-6-9-16)21(26)27-15(3)20(25)22-13-17-10-7-11-28-17/h4-11,14-15,19H,12-13H2,1-3H3,(H,22,25)(H,23,24)/t15-,19+/m1/s1. The van der Waals surface area contributed by atoms with Crippen LogP contribution in [0.4, 0.5) is 0 Å². The van der Waals surface area contributed by atoms with E-state index in [-0.39, 0.29) is 24.2 Å². The summed E-state index contributed by atoms with van der Waals surface area (Å²) in [5, 5.41) is 7.39. The maximum atomic E-state index is 12.5. The van der Waals surface area contributed by atoms with Gasteiger partial charge >= 0.3 is 5.97 Å². The van der Waals surface area contributed by atoms with Gasteiger partial charge in [-0.2, -0.15) is 0 Å². The summed E-state index contributed by atoms with van der Waals surface area (Å²) in [6, 6.07) is 12.3. The zero-order valence-corrected chi connectivity index (χ0v) is 17.1. The lowest BCUT2D eigenvalue weighted by Crippen LogP contribution is -2.48. The number of amides is 2. The van der Waals surface area contributed by atoms with Gasteiger partial charge in [0.1, 0.15) is 6.04 Å². The summed E-state index contributed by atoms with van der Waals surface area (Å²) in [5.41, 5.74) is 0.859. The zero-order valence-electron chi connectivity index (χ0n) is 16.3. The van der Waals surface area contributed by atoms with Crippen molar-refractivity contribution in [1.29, 1.82) is 0 Å². The van der Waals surface area contributed by atoms with Crippen LogP contribution in [0.5, 0.6) is 0 Å². The summed E-state index contributed by atoms with van der Waals surface area (Å²) < 4.78 is 5.29. The molecule has 2 amide bonds. The second-order valence-electron chi connectivity index (χ2n) is 6.83. The Morgan fingerprint density at radius 1 is 1.04 bits per heavy atom. The van der Waals surface area contributed by atoms with Crippen LogP contribution in [0.25, 0.3) is 0 Å². The monoisotopic (exact) mass is 402 g/mol. The predicted octanol–water partition coefficient (Wildman–Crippen LogP) is 2.68. The van der Waals surface area contributed by atoms with Crippen LogP contribution in [0.2, 0.25) is 0 Å². The maximum Gasteiger partial charge on any atom is 0.329 e. The highest BCUT2D eigenvalue weighted by Gasteiger charge is 2.28. The Morgan fingerprint density at radius 3 is 2.36 bits per heavy atom. The van der Waals surface area contributed by atoms with Crippen LogP contribution in [0, 0.1) is 5.92 Å². The predicted molar refractivity (Wildman–Crippen MR) is 109 cm³/mol. The first-order valence-electron chi connectivity index (χ1n) is 9.20. The van der Waals surface area contributed by atoms with Crippen molar-refractivity contribution in [2.24, 2.45) is 5.92 Å². The van der Waals surface area contributed by atoms with E-state index in [2.05, 4.69) is 10.6 Å². The van der Waals surface area contributed by atoms with E-state index in [9.17, 15) is 14.4 Å². The van der Waals surface area contributed by atoms with Gasteiger partial charge in [0.15, 0.2) is 6.10 Å². The molecule has 1 aromatic carbocycles. The van der Waals surface area contributed by atoms with Gasteiger partial charge in [0, 0.05) is 4.88 Å². The van der Waals surface area contributed by atoms with E-state index in [0.717, 1.165) is 10.4 Å². The van der Waals surface area contributed by atoms with Crippen molar-refractivity contribution in [2.45, 2.75) is 45.9 Å². The first-order valence-corrected chi connectivity index (χ1v) is 10.1. The third-order valence-electron chi connectivity index (χ3n) is 4.12. The molecule has 0 spiro atoms.